The maximum atomic E-state index is 11.5. The van der Waals surface area contributed by atoms with E-state index in [0.29, 0.717) is 13.0 Å². The van der Waals surface area contributed by atoms with Crippen LogP contribution in [0.2, 0.25) is 0 Å². The summed E-state index contributed by atoms with van der Waals surface area (Å²) in [5.41, 5.74) is -0.0953. The number of Topliss-reactive ketones (excluding diaryl/α,β-unsaturated/α-hetero) is 2. The minimum absolute atomic E-state index is 0.0540. The molecule has 1 amide bonds. The van der Waals surface area contributed by atoms with Crippen molar-refractivity contribution in [2.45, 2.75) is 40.5 Å². The number of carbonyl (C=O) groups excluding carboxylic acids is 3. The van der Waals surface area contributed by atoms with E-state index in [1.807, 2.05) is 20.8 Å². The quantitative estimate of drug-likeness (QED) is 0.522. The van der Waals surface area contributed by atoms with Gasteiger partial charge in [-0.25, -0.2) is 0 Å². The molecule has 18 heavy (non-hydrogen) atoms. The third-order valence-electron chi connectivity index (χ3n) is 1.96. The predicted molar refractivity (Wildman–Crippen MR) is 68.2 cm³/mol. The Bertz CT molecular complexity index is 305. The van der Waals surface area contributed by atoms with Crippen molar-refractivity contribution in [1.29, 1.82) is 0 Å². The second-order valence-corrected chi connectivity index (χ2v) is 5.56. The molecule has 0 rings (SSSR count). The normalized spacial score (nSPS) is 11.1. The van der Waals surface area contributed by atoms with Crippen LogP contribution >= 0.6 is 0 Å². The van der Waals surface area contributed by atoms with Crippen molar-refractivity contribution in [3.8, 4) is 0 Å². The fourth-order valence-corrected chi connectivity index (χ4v) is 1.37. The van der Waals surface area contributed by atoms with E-state index in [0.717, 1.165) is 0 Å². The van der Waals surface area contributed by atoms with E-state index in [1.54, 1.807) is 0 Å². The third-order valence-corrected chi connectivity index (χ3v) is 1.96. The largest absolute Gasteiger partial charge is 0.372 e. The minimum atomic E-state index is -0.296. The molecule has 0 fully saturated rings. The van der Waals surface area contributed by atoms with Gasteiger partial charge in [0.05, 0.1) is 13.0 Å². The molecular formula is C13H23NO4. The van der Waals surface area contributed by atoms with Crippen LogP contribution in [-0.2, 0) is 19.1 Å². The zero-order valence-electron chi connectivity index (χ0n) is 11.7. The molecule has 0 aromatic rings. The number of rotatable bonds is 8. The van der Waals surface area contributed by atoms with Gasteiger partial charge in [-0.15, -0.1) is 0 Å². The molecule has 0 aliphatic carbocycles. The smallest absolute Gasteiger partial charge is 0.227 e. The van der Waals surface area contributed by atoms with Crippen molar-refractivity contribution in [2.75, 3.05) is 19.8 Å². The number of hydrogen-bond acceptors (Lipinski definition) is 4. The molecule has 104 valence electrons. The van der Waals surface area contributed by atoms with Crippen molar-refractivity contribution < 1.29 is 19.1 Å². The summed E-state index contributed by atoms with van der Waals surface area (Å²) in [5, 5.41) is 2.58. The van der Waals surface area contributed by atoms with E-state index < -0.39 is 0 Å². The molecule has 0 aromatic heterocycles. The lowest BCUT2D eigenvalue weighted by molar-refractivity contribution is -0.129. The van der Waals surface area contributed by atoms with Gasteiger partial charge in [0.1, 0.15) is 12.4 Å². The average molecular weight is 257 g/mol. The van der Waals surface area contributed by atoms with Gasteiger partial charge in [-0.1, -0.05) is 20.8 Å². The standard InChI is InChI=1S/C13H23NO4/c1-10(15)9-18-6-5-14-12(17)7-11(16)8-13(2,3)4/h5-9H2,1-4H3,(H,14,17). The maximum Gasteiger partial charge on any atom is 0.227 e. The molecule has 5 heteroatoms. The first-order valence-corrected chi connectivity index (χ1v) is 6.06. The van der Waals surface area contributed by atoms with E-state index in [9.17, 15) is 14.4 Å². The Hall–Kier alpha value is -1.23. The number of nitrogens with one attached hydrogen (secondary N) is 1. The molecule has 1 N–H and O–H groups in total. The topological polar surface area (TPSA) is 72.5 Å². The predicted octanol–water partition coefficient (Wildman–Crippen LogP) is 1.10. The SMILES string of the molecule is CC(=O)COCCNC(=O)CC(=O)CC(C)(C)C. The molecule has 0 bridgehead atoms. The van der Waals surface area contributed by atoms with E-state index >= 15 is 0 Å². The fourth-order valence-electron chi connectivity index (χ4n) is 1.37. The summed E-state index contributed by atoms with van der Waals surface area (Å²) in [5.74, 6) is -0.415. The Morgan fingerprint density at radius 2 is 1.78 bits per heavy atom. The van der Waals surface area contributed by atoms with Crippen LogP contribution in [0.25, 0.3) is 0 Å². The molecule has 0 atom stereocenters. The molecule has 0 radical (unpaired) electrons. The number of ketones is 2. The van der Waals surface area contributed by atoms with E-state index in [2.05, 4.69) is 5.32 Å². The molecule has 0 aromatic carbocycles. The molecule has 0 unspecified atom stereocenters. The molecule has 0 heterocycles. The van der Waals surface area contributed by atoms with Crippen molar-refractivity contribution in [3.05, 3.63) is 0 Å². The van der Waals surface area contributed by atoms with Crippen LogP contribution in [0.1, 0.15) is 40.5 Å². The highest BCUT2D eigenvalue weighted by molar-refractivity contribution is 5.98. The highest BCUT2D eigenvalue weighted by Gasteiger charge is 2.17. The Morgan fingerprint density at radius 3 is 2.28 bits per heavy atom. The zero-order chi connectivity index (χ0) is 14.2. The van der Waals surface area contributed by atoms with E-state index in [1.165, 1.54) is 6.92 Å². The summed E-state index contributed by atoms with van der Waals surface area (Å²) in [6.07, 6.45) is 0.297. The third kappa shape index (κ3) is 11.3. The van der Waals surface area contributed by atoms with E-state index in [4.69, 9.17) is 4.74 Å². The molecular weight excluding hydrogens is 234 g/mol. The lowest BCUT2D eigenvalue weighted by Gasteiger charge is -2.16. The average Bonchev–Trinajstić information content (AvgIpc) is 2.12. The van der Waals surface area contributed by atoms with E-state index in [-0.39, 0.29) is 42.5 Å². The second kappa shape index (κ2) is 7.97. The first-order valence-electron chi connectivity index (χ1n) is 6.06. The molecule has 0 aliphatic rings. The maximum absolute atomic E-state index is 11.5. The number of ether oxygens (including phenoxy) is 1. The molecule has 5 nitrogen and oxygen atoms in total. The van der Waals surface area contributed by atoms with Gasteiger partial charge < -0.3 is 10.1 Å². The molecule has 0 saturated carbocycles. The summed E-state index contributed by atoms with van der Waals surface area (Å²) in [6, 6.07) is 0. The van der Waals surface area contributed by atoms with Crippen LogP contribution in [0.3, 0.4) is 0 Å². The second-order valence-electron chi connectivity index (χ2n) is 5.56. The summed E-state index contributed by atoms with van der Waals surface area (Å²) < 4.78 is 4.98. The Balaban J connectivity index is 3.65. The summed E-state index contributed by atoms with van der Waals surface area (Å²) in [4.78, 5) is 33.5. The fraction of sp³-hybridized carbons (Fsp3) is 0.769. The minimum Gasteiger partial charge on any atom is -0.372 e. The summed E-state index contributed by atoms with van der Waals surface area (Å²) in [6.45, 7) is 7.95. The van der Waals surface area contributed by atoms with Crippen LogP contribution in [0.15, 0.2) is 0 Å². The van der Waals surface area contributed by atoms with Crippen molar-refractivity contribution in [2.24, 2.45) is 5.41 Å². The van der Waals surface area contributed by atoms with Gasteiger partial charge in [0.2, 0.25) is 5.91 Å². The monoisotopic (exact) mass is 257 g/mol. The lowest BCUT2D eigenvalue weighted by atomic mass is 9.89. The highest BCUT2D eigenvalue weighted by Crippen LogP contribution is 2.19. The lowest BCUT2D eigenvalue weighted by Crippen LogP contribution is -2.30. The van der Waals surface area contributed by atoms with Gasteiger partial charge in [-0.2, -0.15) is 0 Å². The molecule has 0 spiro atoms. The Kier molecular flexibility index (Phi) is 7.43. The number of amides is 1. The first kappa shape index (κ1) is 16.8. The van der Waals surface area contributed by atoms with Gasteiger partial charge in [0, 0.05) is 13.0 Å². The van der Waals surface area contributed by atoms with Crippen LogP contribution in [0.5, 0.6) is 0 Å². The van der Waals surface area contributed by atoms with Crippen LogP contribution in [0, 0.1) is 5.41 Å². The summed E-state index contributed by atoms with van der Waals surface area (Å²) >= 11 is 0. The summed E-state index contributed by atoms with van der Waals surface area (Å²) in [7, 11) is 0. The van der Waals surface area contributed by atoms with Gasteiger partial charge in [-0.05, 0) is 12.3 Å². The Labute approximate surface area is 108 Å². The molecule has 0 saturated heterocycles. The number of hydrogen-bond donors (Lipinski definition) is 1. The highest BCUT2D eigenvalue weighted by atomic mass is 16.5. The van der Waals surface area contributed by atoms with Crippen LogP contribution in [-0.4, -0.2) is 37.2 Å². The van der Waals surface area contributed by atoms with Crippen LogP contribution < -0.4 is 5.32 Å². The Morgan fingerprint density at radius 1 is 1.17 bits per heavy atom. The van der Waals surface area contributed by atoms with Gasteiger partial charge in [-0.3, -0.25) is 14.4 Å². The van der Waals surface area contributed by atoms with Gasteiger partial charge >= 0.3 is 0 Å². The van der Waals surface area contributed by atoms with Crippen molar-refractivity contribution >= 4 is 17.5 Å². The van der Waals surface area contributed by atoms with Gasteiger partial charge in [0.25, 0.3) is 0 Å². The molecule has 0 aliphatic heterocycles. The zero-order valence-corrected chi connectivity index (χ0v) is 11.7. The first-order chi connectivity index (χ1) is 8.20. The van der Waals surface area contributed by atoms with Gasteiger partial charge in [0.15, 0.2) is 5.78 Å². The van der Waals surface area contributed by atoms with Crippen molar-refractivity contribution in [3.63, 3.8) is 0 Å². The van der Waals surface area contributed by atoms with Crippen molar-refractivity contribution in [1.82, 2.24) is 5.32 Å². The van der Waals surface area contributed by atoms with Crippen LogP contribution in [0.4, 0.5) is 0 Å². The number of carbonyl (C=O) groups is 3.